The van der Waals surface area contributed by atoms with Crippen LogP contribution in [0, 0.1) is 0 Å². The third-order valence-electron chi connectivity index (χ3n) is 3.93. The van der Waals surface area contributed by atoms with Gasteiger partial charge in [0.05, 0.1) is 15.5 Å². The Hall–Kier alpha value is -2.05. The monoisotopic (exact) mass is 397 g/mol. The molecule has 26 heavy (non-hydrogen) atoms. The molecule has 1 heterocycles. The number of hydrogen-bond donors (Lipinski definition) is 1. The summed E-state index contributed by atoms with van der Waals surface area (Å²) in [6, 6.07) is 11.0. The smallest absolute Gasteiger partial charge is 0.321 e. The van der Waals surface area contributed by atoms with E-state index in [1.165, 1.54) is 17.4 Å². The second-order valence-electron chi connectivity index (χ2n) is 5.80. The minimum absolute atomic E-state index is 0.0617. The van der Waals surface area contributed by atoms with Crippen molar-refractivity contribution in [3.8, 4) is 0 Å². The Morgan fingerprint density at radius 1 is 1.19 bits per heavy atom. The van der Waals surface area contributed by atoms with Crippen molar-refractivity contribution >= 4 is 44.6 Å². The molecule has 0 aliphatic carbocycles. The molecule has 0 unspecified atom stereocenters. The second-order valence-corrected chi connectivity index (χ2v) is 7.26. The molecule has 0 spiro atoms. The molecule has 2 nitrogen and oxygen atoms in total. The fraction of sp³-hybridized carbons (Fsp3) is 0.211. The molecule has 0 saturated carbocycles. The maximum atomic E-state index is 13.0. The quantitative estimate of drug-likeness (QED) is 0.516. The van der Waals surface area contributed by atoms with Gasteiger partial charge in [-0.2, -0.15) is 13.2 Å². The van der Waals surface area contributed by atoms with Crippen LogP contribution in [0.3, 0.4) is 0 Å². The summed E-state index contributed by atoms with van der Waals surface area (Å²) >= 11 is 6.97. The van der Waals surface area contributed by atoms with E-state index >= 15 is 0 Å². The van der Waals surface area contributed by atoms with Crippen LogP contribution < -0.4 is 5.32 Å². The lowest BCUT2D eigenvalue weighted by atomic mass is 10.1. The Labute approximate surface area is 157 Å². The lowest BCUT2D eigenvalue weighted by molar-refractivity contribution is -0.137. The van der Waals surface area contributed by atoms with E-state index in [1.54, 1.807) is 0 Å². The molecule has 1 N–H and O–H groups in total. The molecule has 3 aromatic rings. The summed E-state index contributed by atoms with van der Waals surface area (Å²) in [5, 5.41) is 3.18. The Bertz CT molecular complexity index is 965. The summed E-state index contributed by atoms with van der Waals surface area (Å²) in [6.07, 6.45) is -3.00. The Morgan fingerprint density at radius 2 is 1.92 bits per heavy atom. The fourth-order valence-electron chi connectivity index (χ4n) is 2.79. The molecule has 0 saturated heterocycles. The van der Waals surface area contributed by atoms with Gasteiger partial charge in [-0.25, -0.2) is 0 Å². The van der Waals surface area contributed by atoms with Crippen molar-refractivity contribution in [2.24, 2.45) is 0 Å². The van der Waals surface area contributed by atoms with Crippen LogP contribution in [0.25, 0.3) is 10.1 Å². The highest BCUT2D eigenvalue weighted by Gasteiger charge is 2.33. The number of carbonyl (C=O) groups excluding carboxylic acids is 1. The number of rotatable bonds is 4. The van der Waals surface area contributed by atoms with Crippen LogP contribution in [0.15, 0.2) is 42.5 Å². The van der Waals surface area contributed by atoms with Crippen molar-refractivity contribution in [3.63, 3.8) is 0 Å². The van der Waals surface area contributed by atoms with Crippen LogP contribution in [0.5, 0.6) is 0 Å². The normalized spacial score (nSPS) is 11.7. The maximum Gasteiger partial charge on any atom is 0.417 e. The van der Waals surface area contributed by atoms with Crippen molar-refractivity contribution < 1.29 is 18.0 Å². The summed E-state index contributed by atoms with van der Waals surface area (Å²) in [5.41, 5.74) is 0.0179. The van der Waals surface area contributed by atoms with Crippen LogP contribution in [0.2, 0.25) is 5.02 Å². The highest BCUT2D eigenvalue weighted by Crippen LogP contribution is 2.37. The van der Waals surface area contributed by atoms with Gasteiger partial charge in [0.25, 0.3) is 5.91 Å². The molecule has 0 aliphatic heterocycles. The van der Waals surface area contributed by atoms with E-state index in [1.807, 2.05) is 31.2 Å². The fourth-order valence-corrected chi connectivity index (χ4v) is 4.16. The standard InChI is InChI=1S/C19H15ClF3NOS/c1-2-5-13-12-6-3-4-7-16(12)26-17(13)18(25)24-11-8-9-15(20)14(10-11)19(21,22)23/h3-4,6-10H,2,5H2,1H3,(H,24,25). The van der Waals surface area contributed by atoms with E-state index < -0.39 is 22.7 Å². The molecule has 0 radical (unpaired) electrons. The number of nitrogens with one attached hydrogen (secondary N) is 1. The van der Waals surface area contributed by atoms with Gasteiger partial charge in [0.15, 0.2) is 0 Å². The van der Waals surface area contributed by atoms with Crippen LogP contribution in [0.1, 0.15) is 34.1 Å². The largest absolute Gasteiger partial charge is 0.417 e. The van der Waals surface area contributed by atoms with Gasteiger partial charge in [0.1, 0.15) is 0 Å². The highest BCUT2D eigenvalue weighted by atomic mass is 35.5. The van der Waals surface area contributed by atoms with Gasteiger partial charge in [0, 0.05) is 10.4 Å². The van der Waals surface area contributed by atoms with Crippen LogP contribution in [-0.4, -0.2) is 5.91 Å². The second kappa shape index (κ2) is 7.29. The number of halogens is 4. The van der Waals surface area contributed by atoms with E-state index in [0.717, 1.165) is 40.6 Å². The zero-order valence-corrected chi connectivity index (χ0v) is 15.4. The number of anilines is 1. The number of carbonyl (C=O) groups is 1. The van der Waals surface area contributed by atoms with Crippen molar-refractivity contribution in [1.82, 2.24) is 0 Å². The summed E-state index contributed by atoms with van der Waals surface area (Å²) < 4.78 is 40.0. The minimum atomic E-state index is -4.58. The van der Waals surface area contributed by atoms with Crippen LogP contribution >= 0.6 is 22.9 Å². The number of amides is 1. The Balaban J connectivity index is 1.96. The van der Waals surface area contributed by atoms with Crippen molar-refractivity contribution in [1.29, 1.82) is 0 Å². The van der Waals surface area contributed by atoms with Gasteiger partial charge in [-0.1, -0.05) is 43.1 Å². The lowest BCUT2D eigenvalue weighted by Crippen LogP contribution is -2.13. The van der Waals surface area contributed by atoms with E-state index in [0.29, 0.717) is 4.88 Å². The number of alkyl halides is 3. The zero-order chi connectivity index (χ0) is 18.9. The van der Waals surface area contributed by atoms with Gasteiger partial charge in [-0.15, -0.1) is 11.3 Å². The topological polar surface area (TPSA) is 29.1 Å². The molecular weight excluding hydrogens is 383 g/mol. The van der Waals surface area contributed by atoms with Gasteiger partial charge < -0.3 is 5.32 Å². The predicted molar refractivity (Wildman–Crippen MR) is 100 cm³/mol. The SMILES string of the molecule is CCCc1c(C(=O)Nc2ccc(Cl)c(C(F)(F)F)c2)sc2ccccc12. The molecular formula is C19H15ClF3NOS. The number of hydrogen-bond acceptors (Lipinski definition) is 2. The molecule has 0 aliphatic rings. The third-order valence-corrected chi connectivity index (χ3v) is 5.48. The molecule has 0 atom stereocenters. The number of aryl methyl sites for hydroxylation is 1. The van der Waals surface area contributed by atoms with E-state index in [2.05, 4.69) is 5.32 Å². The molecule has 2 aromatic carbocycles. The summed E-state index contributed by atoms with van der Waals surface area (Å²) in [7, 11) is 0. The first-order valence-corrected chi connectivity index (χ1v) is 9.19. The van der Waals surface area contributed by atoms with E-state index in [4.69, 9.17) is 11.6 Å². The van der Waals surface area contributed by atoms with Crippen LogP contribution in [-0.2, 0) is 12.6 Å². The molecule has 7 heteroatoms. The van der Waals surface area contributed by atoms with Crippen molar-refractivity contribution in [3.05, 3.63) is 63.5 Å². The van der Waals surface area contributed by atoms with Gasteiger partial charge in [0.2, 0.25) is 0 Å². The first-order chi connectivity index (χ1) is 12.3. The molecule has 1 amide bonds. The van der Waals surface area contributed by atoms with E-state index in [9.17, 15) is 18.0 Å². The third kappa shape index (κ3) is 3.71. The summed E-state index contributed by atoms with van der Waals surface area (Å²) in [4.78, 5) is 13.2. The summed E-state index contributed by atoms with van der Waals surface area (Å²) in [6.45, 7) is 2.02. The number of thiophene rings is 1. The van der Waals surface area contributed by atoms with E-state index in [-0.39, 0.29) is 5.69 Å². The summed E-state index contributed by atoms with van der Waals surface area (Å²) in [5.74, 6) is -0.412. The molecule has 0 bridgehead atoms. The van der Waals surface area contributed by atoms with Gasteiger partial charge >= 0.3 is 6.18 Å². The molecule has 1 aromatic heterocycles. The average Bonchev–Trinajstić information content (AvgIpc) is 2.95. The average molecular weight is 398 g/mol. The molecule has 3 rings (SSSR count). The maximum absolute atomic E-state index is 13.0. The number of benzene rings is 2. The van der Waals surface area contributed by atoms with Gasteiger partial charge in [-0.3, -0.25) is 4.79 Å². The van der Waals surface area contributed by atoms with Crippen molar-refractivity contribution in [2.45, 2.75) is 25.9 Å². The highest BCUT2D eigenvalue weighted by molar-refractivity contribution is 7.21. The molecule has 136 valence electrons. The molecule has 0 fully saturated rings. The first kappa shape index (κ1) is 18.7. The van der Waals surface area contributed by atoms with Crippen LogP contribution in [0.4, 0.5) is 18.9 Å². The zero-order valence-electron chi connectivity index (χ0n) is 13.8. The lowest BCUT2D eigenvalue weighted by Gasteiger charge is -2.12. The number of fused-ring (bicyclic) bond motifs is 1. The van der Waals surface area contributed by atoms with Gasteiger partial charge in [-0.05, 0) is 41.6 Å². The minimum Gasteiger partial charge on any atom is -0.321 e. The Kier molecular flexibility index (Phi) is 5.25. The first-order valence-electron chi connectivity index (χ1n) is 7.99. The predicted octanol–water partition coefficient (Wildman–Crippen LogP) is 6.78. The Morgan fingerprint density at radius 3 is 2.62 bits per heavy atom. The van der Waals surface area contributed by atoms with Crippen molar-refractivity contribution in [2.75, 3.05) is 5.32 Å².